The lowest BCUT2D eigenvalue weighted by Gasteiger charge is -2.33. The normalized spacial score (nSPS) is 22.2. The zero-order valence-corrected chi connectivity index (χ0v) is 13.1. The number of para-hydroxylation sites is 1. The largest absolute Gasteiger partial charge is 0.493 e. The van der Waals surface area contributed by atoms with Crippen molar-refractivity contribution in [1.82, 2.24) is 15.2 Å². The highest BCUT2D eigenvalue weighted by Gasteiger charge is 2.54. The first-order valence-electron chi connectivity index (χ1n) is 7.97. The number of imide groups is 1. The molecule has 1 unspecified atom stereocenters. The molecule has 1 aromatic heterocycles. The lowest BCUT2D eigenvalue weighted by atomic mass is 9.84. The second kappa shape index (κ2) is 5.63. The molecule has 1 spiro atoms. The number of nitrogens with zero attached hydrogens (tertiary/aromatic N) is 2. The van der Waals surface area contributed by atoms with Gasteiger partial charge in [-0.15, -0.1) is 0 Å². The highest BCUT2D eigenvalue weighted by atomic mass is 16.5. The van der Waals surface area contributed by atoms with Gasteiger partial charge in [0.1, 0.15) is 5.75 Å². The molecule has 122 valence electrons. The Hall–Kier alpha value is -2.89. The smallest absolute Gasteiger partial charge is 0.325 e. The molecule has 0 radical (unpaired) electrons. The highest BCUT2D eigenvalue weighted by molar-refractivity contribution is 6.07. The van der Waals surface area contributed by atoms with Crippen LogP contribution in [-0.2, 0) is 16.8 Å². The maximum absolute atomic E-state index is 13.0. The molecule has 0 bridgehead atoms. The zero-order valence-electron chi connectivity index (χ0n) is 13.1. The number of urea groups is 1. The summed E-state index contributed by atoms with van der Waals surface area (Å²) >= 11 is 0. The summed E-state index contributed by atoms with van der Waals surface area (Å²) in [6.07, 6.45) is 2.68. The molecule has 0 aliphatic carbocycles. The Bertz CT molecular complexity index is 793. The van der Waals surface area contributed by atoms with Gasteiger partial charge in [-0.1, -0.05) is 24.3 Å². The molecule has 6 heteroatoms. The van der Waals surface area contributed by atoms with E-state index in [1.54, 1.807) is 6.20 Å². The van der Waals surface area contributed by atoms with E-state index in [0.717, 1.165) is 11.3 Å². The zero-order chi connectivity index (χ0) is 16.6. The summed E-state index contributed by atoms with van der Waals surface area (Å²) in [5.74, 6) is 0.447. The summed E-state index contributed by atoms with van der Waals surface area (Å²) in [7, 11) is 0. The lowest BCUT2D eigenvalue weighted by Crippen LogP contribution is -2.47. The number of carbonyl (C=O) groups excluding carboxylic acids is 2. The first-order valence-corrected chi connectivity index (χ1v) is 7.97. The van der Waals surface area contributed by atoms with Gasteiger partial charge in [0.05, 0.1) is 6.61 Å². The Morgan fingerprint density at radius 3 is 2.83 bits per heavy atom. The van der Waals surface area contributed by atoms with Crippen LogP contribution in [0.25, 0.3) is 0 Å². The molecule has 2 aliphatic heterocycles. The molecule has 3 amide bonds. The first-order chi connectivity index (χ1) is 11.7. The molecular formula is C18H17N3O3. The van der Waals surface area contributed by atoms with Gasteiger partial charge in [-0.05, 0) is 18.2 Å². The van der Waals surface area contributed by atoms with E-state index in [4.69, 9.17) is 4.74 Å². The molecule has 24 heavy (non-hydrogen) atoms. The van der Waals surface area contributed by atoms with E-state index in [1.165, 1.54) is 4.90 Å². The van der Waals surface area contributed by atoms with Crippen molar-refractivity contribution < 1.29 is 14.3 Å². The number of hydrogen-bond donors (Lipinski definition) is 1. The fourth-order valence-electron chi connectivity index (χ4n) is 3.35. The molecule has 2 aliphatic rings. The van der Waals surface area contributed by atoms with Gasteiger partial charge in [-0.2, -0.15) is 0 Å². The van der Waals surface area contributed by atoms with Crippen LogP contribution in [0.15, 0.2) is 48.7 Å². The molecule has 1 saturated heterocycles. The molecule has 1 fully saturated rings. The molecule has 0 saturated carbocycles. The van der Waals surface area contributed by atoms with E-state index in [9.17, 15) is 9.59 Å². The molecule has 4 rings (SSSR count). The number of hydrogen-bond acceptors (Lipinski definition) is 4. The number of pyridine rings is 1. The van der Waals surface area contributed by atoms with Gasteiger partial charge in [-0.3, -0.25) is 14.7 Å². The van der Waals surface area contributed by atoms with E-state index in [2.05, 4.69) is 10.3 Å². The second-order valence-corrected chi connectivity index (χ2v) is 5.96. The topological polar surface area (TPSA) is 71.5 Å². The molecule has 1 N–H and O–H groups in total. The minimum Gasteiger partial charge on any atom is -0.493 e. The van der Waals surface area contributed by atoms with Gasteiger partial charge in [0, 0.05) is 36.8 Å². The monoisotopic (exact) mass is 323 g/mol. The number of ether oxygens (including phenoxy) is 1. The summed E-state index contributed by atoms with van der Waals surface area (Å²) in [6.45, 7) is 0.712. The van der Waals surface area contributed by atoms with E-state index in [0.29, 0.717) is 31.7 Å². The summed E-state index contributed by atoms with van der Waals surface area (Å²) in [6, 6.07) is 12.6. The maximum atomic E-state index is 13.0. The van der Waals surface area contributed by atoms with Crippen molar-refractivity contribution in [3.63, 3.8) is 0 Å². The van der Waals surface area contributed by atoms with Crippen LogP contribution in [0.2, 0.25) is 0 Å². The van der Waals surface area contributed by atoms with Crippen LogP contribution in [0, 0.1) is 0 Å². The number of aromatic nitrogens is 1. The average molecular weight is 323 g/mol. The van der Waals surface area contributed by atoms with E-state index >= 15 is 0 Å². The van der Waals surface area contributed by atoms with Gasteiger partial charge >= 0.3 is 6.03 Å². The lowest BCUT2D eigenvalue weighted by molar-refractivity contribution is -0.132. The predicted molar refractivity (Wildman–Crippen MR) is 86.4 cm³/mol. The van der Waals surface area contributed by atoms with Crippen LogP contribution in [0.1, 0.15) is 17.7 Å². The fourth-order valence-corrected chi connectivity index (χ4v) is 3.35. The fraction of sp³-hybridized carbons (Fsp3) is 0.278. The Morgan fingerprint density at radius 1 is 1.17 bits per heavy atom. The molecular weight excluding hydrogens is 306 g/mol. The van der Waals surface area contributed by atoms with Gasteiger partial charge in [0.25, 0.3) is 5.91 Å². The van der Waals surface area contributed by atoms with Crippen molar-refractivity contribution in [2.45, 2.75) is 18.4 Å². The van der Waals surface area contributed by atoms with Crippen molar-refractivity contribution in [2.75, 3.05) is 13.2 Å². The van der Waals surface area contributed by atoms with Crippen molar-refractivity contribution in [3.8, 4) is 5.75 Å². The van der Waals surface area contributed by atoms with Crippen molar-refractivity contribution in [2.24, 2.45) is 0 Å². The third-order valence-electron chi connectivity index (χ3n) is 4.57. The Balaban J connectivity index is 1.60. The second-order valence-electron chi connectivity index (χ2n) is 5.96. The molecule has 3 heterocycles. The Labute approximate surface area is 139 Å². The van der Waals surface area contributed by atoms with E-state index < -0.39 is 5.54 Å². The summed E-state index contributed by atoms with van der Waals surface area (Å²) in [5.41, 5.74) is 0.581. The number of amides is 3. The Kier molecular flexibility index (Phi) is 3.45. The number of fused-ring (bicyclic) bond motifs is 2. The quantitative estimate of drug-likeness (QED) is 0.875. The number of carbonyl (C=O) groups is 2. The van der Waals surface area contributed by atoms with Gasteiger partial charge in [0.15, 0.2) is 5.54 Å². The van der Waals surface area contributed by atoms with Crippen molar-refractivity contribution in [1.29, 1.82) is 0 Å². The molecule has 6 nitrogen and oxygen atoms in total. The van der Waals surface area contributed by atoms with Crippen LogP contribution in [0.5, 0.6) is 5.75 Å². The summed E-state index contributed by atoms with van der Waals surface area (Å²) in [5, 5.41) is 2.90. The van der Waals surface area contributed by atoms with Gasteiger partial charge in [-0.25, -0.2) is 4.79 Å². The van der Waals surface area contributed by atoms with Gasteiger partial charge in [0.2, 0.25) is 0 Å². The van der Waals surface area contributed by atoms with Crippen LogP contribution < -0.4 is 10.1 Å². The minimum absolute atomic E-state index is 0.209. The van der Waals surface area contributed by atoms with Crippen molar-refractivity contribution in [3.05, 3.63) is 59.9 Å². The maximum Gasteiger partial charge on any atom is 0.325 e. The van der Waals surface area contributed by atoms with Crippen molar-refractivity contribution >= 4 is 11.9 Å². The van der Waals surface area contributed by atoms with Crippen LogP contribution in [0.4, 0.5) is 4.79 Å². The number of benzene rings is 1. The molecule has 2 aromatic rings. The molecule has 1 aromatic carbocycles. The van der Waals surface area contributed by atoms with E-state index in [1.807, 2.05) is 42.5 Å². The van der Waals surface area contributed by atoms with Crippen LogP contribution >= 0.6 is 0 Å². The first kappa shape index (κ1) is 14.7. The standard InChI is InChI=1S/C18H17N3O3/c22-16-18(9-12-24-15-7-2-1-6-14(15)18)20-17(23)21(16)11-8-13-5-3-4-10-19-13/h1-7,10H,8-9,11-12H2,(H,20,23). The average Bonchev–Trinajstić information content (AvgIpc) is 2.85. The molecule has 1 atom stereocenters. The summed E-state index contributed by atoms with van der Waals surface area (Å²) in [4.78, 5) is 31.0. The van der Waals surface area contributed by atoms with Crippen LogP contribution in [0.3, 0.4) is 0 Å². The van der Waals surface area contributed by atoms with E-state index in [-0.39, 0.29) is 11.9 Å². The van der Waals surface area contributed by atoms with Gasteiger partial charge < -0.3 is 10.1 Å². The SMILES string of the molecule is O=C1NC2(CCOc3ccccc32)C(=O)N1CCc1ccccn1. The third-order valence-corrected chi connectivity index (χ3v) is 4.57. The highest BCUT2D eigenvalue weighted by Crippen LogP contribution is 2.40. The predicted octanol–water partition coefficient (Wildman–Crippen LogP) is 1.85. The Morgan fingerprint density at radius 2 is 2.00 bits per heavy atom. The number of rotatable bonds is 3. The number of nitrogens with one attached hydrogen (secondary N) is 1. The third kappa shape index (κ3) is 2.22. The van der Waals surface area contributed by atoms with Crippen LogP contribution in [-0.4, -0.2) is 35.0 Å². The summed E-state index contributed by atoms with van der Waals surface area (Å²) < 4.78 is 5.63. The minimum atomic E-state index is -1.00.